The Morgan fingerprint density at radius 3 is 2.45 bits per heavy atom. The van der Waals surface area contributed by atoms with Gasteiger partial charge in [0.05, 0.1) is 51.1 Å². The van der Waals surface area contributed by atoms with Crippen LogP contribution in [0.3, 0.4) is 0 Å². The van der Waals surface area contributed by atoms with Crippen LogP contribution in [0, 0.1) is 6.92 Å². The molecule has 0 fully saturated rings. The van der Waals surface area contributed by atoms with E-state index in [0.717, 1.165) is 28.1 Å². The lowest BCUT2D eigenvalue weighted by Gasteiger charge is -2.25. The molecule has 0 bridgehead atoms. The zero-order valence-electron chi connectivity index (χ0n) is 17.2. The molecule has 0 N–H and O–H groups in total. The van der Waals surface area contributed by atoms with Gasteiger partial charge in [-0.1, -0.05) is 11.6 Å². The van der Waals surface area contributed by atoms with Crippen molar-refractivity contribution in [3.05, 3.63) is 33.5 Å². The molecule has 3 rings (SSSR count). The second-order valence-corrected chi connectivity index (χ2v) is 7.09. The van der Waals surface area contributed by atoms with E-state index in [1.165, 1.54) is 28.4 Å². The van der Waals surface area contributed by atoms with Gasteiger partial charge in [-0.15, -0.1) is 0 Å². The van der Waals surface area contributed by atoms with Crippen molar-refractivity contribution in [2.24, 2.45) is 0 Å². The van der Waals surface area contributed by atoms with Gasteiger partial charge in [-0.3, -0.25) is 4.79 Å². The first kappa shape index (κ1) is 21.0. The van der Waals surface area contributed by atoms with Gasteiger partial charge in [0.1, 0.15) is 0 Å². The largest absolute Gasteiger partial charge is 0.493 e. The Labute approximate surface area is 174 Å². The molecule has 1 aromatic carbocycles. The Morgan fingerprint density at radius 1 is 1.14 bits per heavy atom. The minimum absolute atomic E-state index is 0.223. The normalized spacial score (nSPS) is 12.1. The molecule has 0 spiro atoms. The average molecular weight is 422 g/mol. The van der Waals surface area contributed by atoms with E-state index in [9.17, 15) is 9.59 Å². The van der Waals surface area contributed by atoms with Crippen LogP contribution in [0.15, 0.2) is 6.07 Å². The van der Waals surface area contributed by atoms with Crippen LogP contribution >= 0.6 is 11.6 Å². The number of nitrogens with zero attached hydrogens (tertiary/aromatic N) is 1. The van der Waals surface area contributed by atoms with Crippen LogP contribution in [0.4, 0.5) is 0 Å². The van der Waals surface area contributed by atoms with Gasteiger partial charge >= 0.3 is 11.9 Å². The summed E-state index contributed by atoms with van der Waals surface area (Å²) in [5, 5.41) is 0.471. The standard InChI is InChI=1S/C21H24ClNO6/c1-11-14(6-7-16(24)27-3)23-9-8-12-13(19(23)17(11)21(25)29-5)10-15(26-2)20(28-4)18(12)22/h10H,6-9H2,1-5H3. The van der Waals surface area contributed by atoms with Crippen LogP contribution in [-0.2, 0) is 33.7 Å². The highest BCUT2D eigenvalue weighted by atomic mass is 35.5. The predicted octanol–water partition coefficient (Wildman–Crippen LogP) is 3.58. The molecule has 2 aromatic rings. The summed E-state index contributed by atoms with van der Waals surface area (Å²) in [7, 11) is 5.79. The molecule has 0 unspecified atom stereocenters. The lowest BCUT2D eigenvalue weighted by atomic mass is 9.94. The molecule has 8 heteroatoms. The first-order valence-corrected chi connectivity index (χ1v) is 9.58. The SMILES string of the molecule is COC(=O)CCc1c(C)c(C(=O)OC)c2n1CCc1c-2cc(OC)c(OC)c1Cl. The maximum Gasteiger partial charge on any atom is 0.340 e. The van der Waals surface area contributed by atoms with E-state index in [4.69, 9.17) is 30.5 Å². The molecule has 0 atom stereocenters. The molecule has 156 valence electrons. The van der Waals surface area contributed by atoms with E-state index < -0.39 is 5.97 Å². The molecular formula is C21H24ClNO6. The van der Waals surface area contributed by atoms with Crippen LogP contribution in [0.25, 0.3) is 11.3 Å². The van der Waals surface area contributed by atoms with Gasteiger partial charge in [0.15, 0.2) is 11.5 Å². The summed E-state index contributed by atoms with van der Waals surface area (Å²) in [5.74, 6) is 0.213. The second kappa shape index (κ2) is 8.37. The third kappa shape index (κ3) is 3.44. The monoisotopic (exact) mass is 421 g/mol. The lowest BCUT2D eigenvalue weighted by molar-refractivity contribution is -0.140. The number of fused-ring (bicyclic) bond motifs is 3. The van der Waals surface area contributed by atoms with E-state index >= 15 is 0 Å². The Bertz CT molecular complexity index is 979. The Morgan fingerprint density at radius 2 is 1.86 bits per heavy atom. The number of ether oxygens (including phenoxy) is 4. The topological polar surface area (TPSA) is 76.0 Å². The number of halogens is 1. The van der Waals surface area contributed by atoms with Gasteiger partial charge in [0, 0.05) is 17.8 Å². The number of esters is 2. The van der Waals surface area contributed by atoms with Crippen molar-refractivity contribution in [2.45, 2.75) is 32.7 Å². The third-order valence-electron chi connectivity index (χ3n) is 5.38. The van der Waals surface area contributed by atoms with Crippen molar-refractivity contribution in [1.29, 1.82) is 0 Å². The van der Waals surface area contributed by atoms with Crippen LogP contribution in [0.1, 0.15) is 33.6 Å². The number of carbonyl (C=O) groups excluding carboxylic acids is 2. The van der Waals surface area contributed by atoms with Crippen molar-refractivity contribution in [3.8, 4) is 22.8 Å². The Hall–Kier alpha value is -2.67. The van der Waals surface area contributed by atoms with E-state index in [0.29, 0.717) is 41.5 Å². The summed E-state index contributed by atoms with van der Waals surface area (Å²) in [4.78, 5) is 24.4. The number of hydrogen-bond donors (Lipinski definition) is 0. The van der Waals surface area contributed by atoms with Crippen LogP contribution in [0.5, 0.6) is 11.5 Å². The van der Waals surface area contributed by atoms with Crippen molar-refractivity contribution in [2.75, 3.05) is 28.4 Å². The molecule has 1 aromatic heterocycles. The highest BCUT2D eigenvalue weighted by Crippen LogP contribution is 2.47. The molecule has 0 saturated heterocycles. The molecule has 2 heterocycles. The number of methoxy groups -OCH3 is 4. The molecule has 0 aliphatic carbocycles. The maximum absolute atomic E-state index is 12.7. The molecule has 0 saturated carbocycles. The van der Waals surface area contributed by atoms with E-state index in [1.807, 2.05) is 13.0 Å². The minimum Gasteiger partial charge on any atom is -0.493 e. The summed E-state index contributed by atoms with van der Waals surface area (Å²) in [6, 6.07) is 1.83. The van der Waals surface area contributed by atoms with Gasteiger partial charge in [0.25, 0.3) is 0 Å². The first-order chi connectivity index (χ1) is 13.9. The van der Waals surface area contributed by atoms with Crippen molar-refractivity contribution in [1.82, 2.24) is 4.57 Å². The summed E-state index contributed by atoms with van der Waals surface area (Å²) in [6.07, 6.45) is 1.33. The molecule has 7 nitrogen and oxygen atoms in total. The lowest BCUT2D eigenvalue weighted by Crippen LogP contribution is -2.16. The third-order valence-corrected chi connectivity index (χ3v) is 5.78. The molecule has 0 radical (unpaired) electrons. The number of carbonyl (C=O) groups is 2. The van der Waals surface area contributed by atoms with E-state index in [1.54, 1.807) is 0 Å². The summed E-state index contributed by atoms with van der Waals surface area (Å²) >= 11 is 6.62. The molecule has 29 heavy (non-hydrogen) atoms. The van der Waals surface area contributed by atoms with Crippen LogP contribution in [0.2, 0.25) is 5.02 Å². The van der Waals surface area contributed by atoms with Crippen LogP contribution < -0.4 is 9.47 Å². The van der Waals surface area contributed by atoms with Gasteiger partial charge < -0.3 is 23.5 Å². The van der Waals surface area contributed by atoms with Crippen molar-refractivity contribution < 1.29 is 28.5 Å². The van der Waals surface area contributed by atoms with Crippen molar-refractivity contribution >= 4 is 23.5 Å². The zero-order valence-corrected chi connectivity index (χ0v) is 17.9. The highest BCUT2D eigenvalue weighted by molar-refractivity contribution is 6.33. The molecular weight excluding hydrogens is 398 g/mol. The number of benzene rings is 1. The zero-order chi connectivity index (χ0) is 21.3. The first-order valence-electron chi connectivity index (χ1n) is 9.20. The fourth-order valence-corrected chi connectivity index (χ4v) is 4.35. The minimum atomic E-state index is -0.436. The summed E-state index contributed by atoms with van der Waals surface area (Å²) in [5.41, 5.74) is 4.57. The van der Waals surface area contributed by atoms with Crippen molar-refractivity contribution in [3.63, 3.8) is 0 Å². The fourth-order valence-electron chi connectivity index (χ4n) is 3.99. The number of rotatable bonds is 6. The smallest absolute Gasteiger partial charge is 0.340 e. The molecule has 1 aliphatic heterocycles. The van der Waals surface area contributed by atoms with E-state index in [-0.39, 0.29) is 12.4 Å². The highest BCUT2D eigenvalue weighted by Gasteiger charge is 2.32. The Kier molecular flexibility index (Phi) is 6.07. The number of aromatic nitrogens is 1. The quantitative estimate of drug-likeness (QED) is 0.663. The Balaban J connectivity index is 2.27. The average Bonchev–Trinajstić information content (AvgIpc) is 3.02. The maximum atomic E-state index is 12.7. The van der Waals surface area contributed by atoms with E-state index in [2.05, 4.69) is 4.57 Å². The molecule has 1 aliphatic rings. The van der Waals surface area contributed by atoms with Crippen LogP contribution in [-0.4, -0.2) is 44.9 Å². The summed E-state index contributed by atoms with van der Waals surface area (Å²) < 4.78 is 22.8. The predicted molar refractivity (Wildman–Crippen MR) is 108 cm³/mol. The van der Waals surface area contributed by atoms with Gasteiger partial charge in [-0.25, -0.2) is 4.79 Å². The fraction of sp³-hybridized carbons (Fsp3) is 0.429. The van der Waals surface area contributed by atoms with Gasteiger partial charge in [-0.2, -0.15) is 0 Å². The van der Waals surface area contributed by atoms with Gasteiger partial charge in [-0.05, 0) is 37.0 Å². The molecule has 0 amide bonds. The second-order valence-electron chi connectivity index (χ2n) is 6.72. The summed E-state index contributed by atoms with van der Waals surface area (Å²) in [6.45, 7) is 2.48. The number of hydrogen-bond acceptors (Lipinski definition) is 6. The van der Waals surface area contributed by atoms with Gasteiger partial charge in [0.2, 0.25) is 0 Å².